The Balaban J connectivity index is 2.09. The van der Waals surface area contributed by atoms with Crippen molar-refractivity contribution in [2.45, 2.75) is 18.7 Å². The first kappa shape index (κ1) is 14.6. The number of fused-ring (bicyclic) bond motifs is 1. The molecule has 0 fully saturated rings. The molecule has 3 aromatic rings. The molecule has 22 heavy (non-hydrogen) atoms. The lowest BCUT2D eigenvalue weighted by Crippen LogP contribution is -2.30. The summed E-state index contributed by atoms with van der Waals surface area (Å²) in [6, 6.07) is 12.4. The van der Waals surface area contributed by atoms with Gasteiger partial charge < -0.3 is 4.98 Å². The molecular weight excluding hydrogens is 298 g/mol. The highest BCUT2D eigenvalue weighted by molar-refractivity contribution is 7.92. The number of nitrogens with one attached hydrogen (secondary N) is 1. The summed E-state index contributed by atoms with van der Waals surface area (Å²) in [6.07, 6.45) is 1.55. The van der Waals surface area contributed by atoms with E-state index in [0.717, 1.165) is 11.1 Å². The van der Waals surface area contributed by atoms with Crippen LogP contribution in [0.1, 0.15) is 12.5 Å². The van der Waals surface area contributed by atoms with E-state index in [1.54, 1.807) is 24.5 Å². The second-order valence-corrected chi connectivity index (χ2v) is 6.95. The molecule has 1 aromatic heterocycles. The van der Waals surface area contributed by atoms with Crippen molar-refractivity contribution >= 4 is 26.7 Å². The lowest BCUT2D eigenvalue weighted by molar-refractivity contribution is 0.592. The van der Waals surface area contributed by atoms with Gasteiger partial charge in [0.1, 0.15) is 0 Å². The zero-order valence-corrected chi connectivity index (χ0v) is 13.3. The molecule has 5 nitrogen and oxygen atoms in total. The maximum absolute atomic E-state index is 12.9. The average Bonchev–Trinajstić information content (AvgIpc) is 2.95. The van der Waals surface area contributed by atoms with Crippen molar-refractivity contribution in [3.63, 3.8) is 0 Å². The molecule has 114 valence electrons. The summed E-state index contributed by atoms with van der Waals surface area (Å²) in [7, 11) is -3.60. The molecule has 3 rings (SSSR count). The molecule has 0 amide bonds. The van der Waals surface area contributed by atoms with Crippen LogP contribution in [0.25, 0.3) is 11.0 Å². The Labute approximate surface area is 129 Å². The van der Waals surface area contributed by atoms with Crippen LogP contribution in [0, 0.1) is 6.92 Å². The molecule has 0 atom stereocenters. The minimum Gasteiger partial charge on any atom is -0.345 e. The summed E-state index contributed by atoms with van der Waals surface area (Å²) in [5, 5.41) is 0. The molecule has 1 heterocycles. The molecule has 0 aliphatic carbocycles. The maximum atomic E-state index is 12.9. The van der Waals surface area contributed by atoms with Crippen LogP contribution in [0.5, 0.6) is 0 Å². The van der Waals surface area contributed by atoms with Crippen molar-refractivity contribution in [1.29, 1.82) is 0 Å². The van der Waals surface area contributed by atoms with Gasteiger partial charge >= 0.3 is 0 Å². The van der Waals surface area contributed by atoms with E-state index in [0.29, 0.717) is 17.7 Å². The topological polar surface area (TPSA) is 66.1 Å². The van der Waals surface area contributed by atoms with E-state index in [4.69, 9.17) is 0 Å². The normalized spacial score (nSPS) is 11.7. The van der Waals surface area contributed by atoms with Crippen molar-refractivity contribution < 1.29 is 8.42 Å². The third kappa shape index (κ3) is 2.46. The van der Waals surface area contributed by atoms with E-state index >= 15 is 0 Å². The molecule has 0 saturated carbocycles. The highest BCUT2D eigenvalue weighted by atomic mass is 32.2. The number of anilines is 1. The fourth-order valence-corrected chi connectivity index (χ4v) is 3.97. The molecule has 0 saturated heterocycles. The second kappa shape index (κ2) is 5.46. The Kier molecular flexibility index (Phi) is 3.62. The van der Waals surface area contributed by atoms with Gasteiger partial charge in [-0.05, 0) is 49.7 Å². The summed E-state index contributed by atoms with van der Waals surface area (Å²) >= 11 is 0. The van der Waals surface area contributed by atoms with E-state index in [1.807, 2.05) is 38.1 Å². The Hall–Kier alpha value is -2.34. The molecule has 1 N–H and O–H groups in total. The molecule has 0 unspecified atom stereocenters. The molecule has 0 bridgehead atoms. The standard InChI is InChI=1S/C16H17N3O2S/c1-3-19(13-6-4-5-12(2)9-13)22(20,21)14-7-8-15-16(10-14)18-11-17-15/h4-11H,3H2,1-2H3,(H,17,18). The molecule has 0 radical (unpaired) electrons. The molecule has 0 aliphatic heterocycles. The van der Waals surface area contributed by atoms with Gasteiger partial charge in [-0.3, -0.25) is 4.31 Å². The minimum atomic E-state index is -3.60. The second-order valence-electron chi connectivity index (χ2n) is 5.09. The quantitative estimate of drug-likeness (QED) is 0.804. The number of aromatic amines is 1. The SMILES string of the molecule is CCN(c1cccc(C)c1)S(=O)(=O)c1ccc2nc[nH]c2c1. The minimum absolute atomic E-state index is 0.257. The molecular formula is C16H17N3O2S. The lowest BCUT2D eigenvalue weighted by atomic mass is 10.2. The Morgan fingerprint density at radius 1 is 1.18 bits per heavy atom. The van der Waals surface area contributed by atoms with Crippen LogP contribution in [0.15, 0.2) is 53.7 Å². The predicted molar refractivity (Wildman–Crippen MR) is 87.5 cm³/mol. The number of aryl methyl sites for hydroxylation is 1. The van der Waals surface area contributed by atoms with Gasteiger partial charge in [0.05, 0.1) is 27.9 Å². The van der Waals surface area contributed by atoms with Crippen LogP contribution in [-0.4, -0.2) is 24.9 Å². The number of rotatable bonds is 4. The van der Waals surface area contributed by atoms with Gasteiger partial charge in [-0.1, -0.05) is 12.1 Å². The third-order valence-corrected chi connectivity index (χ3v) is 5.46. The summed E-state index contributed by atoms with van der Waals surface area (Å²) in [6.45, 7) is 4.14. The predicted octanol–water partition coefficient (Wildman–Crippen LogP) is 3.09. The molecule has 6 heteroatoms. The van der Waals surface area contributed by atoms with Crippen LogP contribution in [0.3, 0.4) is 0 Å². The Morgan fingerprint density at radius 2 is 2.00 bits per heavy atom. The zero-order chi connectivity index (χ0) is 15.7. The van der Waals surface area contributed by atoms with Crippen LogP contribution < -0.4 is 4.31 Å². The Morgan fingerprint density at radius 3 is 2.73 bits per heavy atom. The van der Waals surface area contributed by atoms with Crippen molar-refractivity contribution in [3.8, 4) is 0 Å². The highest BCUT2D eigenvalue weighted by Crippen LogP contribution is 2.25. The van der Waals surface area contributed by atoms with E-state index in [9.17, 15) is 8.42 Å². The summed E-state index contributed by atoms with van der Waals surface area (Å²) in [5.74, 6) is 0. The first-order chi connectivity index (χ1) is 10.5. The fraction of sp³-hybridized carbons (Fsp3) is 0.188. The number of hydrogen-bond acceptors (Lipinski definition) is 3. The summed E-state index contributed by atoms with van der Waals surface area (Å²) in [5.41, 5.74) is 3.15. The fourth-order valence-electron chi connectivity index (χ4n) is 2.48. The van der Waals surface area contributed by atoms with Gasteiger partial charge in [0.2, 0.25) is 0 Å². The smallest absolute Gasteiger partial charge is 0.264 e. The third-order valence-electron chi connectivity index (χ3n) is 3.56. The first-order valence-corrected chi connectivity index (χ1v) is 8.49. The Bertz CT molecular complexity index is 916. The number of sulfonamides is 1. The van der Waals surface area contributed by atoms with Gasteiger partial charge in [-0.2, -0.15) is 0 Å². The van der Waals surface area contributed by atoms with Crippen molar-refractivity contribution in [1.82, 2.24) is 9.97 Å². The van der Waals surface area contributed by atoms with Crippen LogP contribution >= 0.6 is 0 Å². The molecule has 0 aliphatic rings. The van der Waals surface area contributed by atoms with Crippen molar-refractivity contribution in [2.75, 3.05) is 10.8 Å². The first-order valence-electron chi connectivity index (χ1n) is 7.05. The number of H-pyrrole nitrogens is 1. The van der Waals surface area contributed by atoms with Gasteiger partial charge in [0, 0.05) is 6.54 Å². The molecule has 2 aromatic carbocycles. The van der Waals surface area contributed by atoms with Crippen LogP contribution in [-0.2, 0) is 10.0 Å². The largest absolute Gasteiger partial charge is 0.345 e. The van der Waals surface area contributed by atoms with Gasteiger partial charge in [-0.15, -0.1) is 0 Å². The summed E-state index contributed by atoms with van der Waals surface area (Å²) in [4.78, 5) is 7.31. The highest BCUT2D eigenvalue weighted by Gasteiger charge is 2.24. The zero-order valence-electron chi connectivity index (χ0n) is 12.4. The van der Waals surface area contributed by atoms with E-state index in [2.05, 4.69) is 9.97 Å². The number of aromatic nitrogens is 2. The van der Waals surface area contributed by atoms with E-state index in [1.165, 1.54) is 4.31 Å². The van der Waals surface area contributed by atoms with Gasteiger partial charge in [-0.25, -0.2) is 13.4 Å². The van der Waals surface area contributed by atoms with Gasteiger partial charge in [0.25, 0.3) is 10.0 Å². The van der Waals surface area contributed by atoms with Gasteiger partial charge in [0.15, 0.2) is 0 Å². The van der Waals surface area contributed by atoms with Crippen LogP contribution in [0.4, 0.5) is 5.69 Å². The maximum Gasteiger partial charge on any atom is 0.264 e. The van der Waals surface area contributed by atoms with Crippen LogP contribution in [0.2, 0.25) is 0 Å². The van der Waals surface area contributed by atoms with Crippen molar-refractivity contribution in [3.05, 3.63) is 54.4 Å². The number of imidazole rings is 1. The number of benzene rings is 2. The molecule has 0 spiro atoms. The lowest BCUT2D eigenvalue weighted by Gasteiger charge is -2.23. The summed E-state index contributed by atoms with van der Waals surface area (Å²) < 4.78 is 27.3. The number of hydrogen-bond donors (Lipinski definition) is 1. The van der Waals surface area contributed by atoms with E-state index < -0.39 is 10.0 Å². The monoisotopic (exact) mass is 315 g/mol. The van der Waals surface area contributed by atoms with Crippen molar-refractivity contribution in [2.24, 2.45) is 0 Å². The average molecular weight is 315 g/mol. The number of nitrogens with zero attached hydrogens (tertiary/aromatic N) is 2. The van der Waals surface area contributed by atoms with E-state index in [-0.39, 0.29) is 4.90 Å².